The van der Waals surface area contributed by atoms with E-state index in [0.29, 0.717) is 23.7 Å². The van der Waals surface area contributed by atoms with Gasteiger partial charge >= 0.3 is 0 Å². The Bertz CT molecular complexity index is 1110. The van der Waals surface area contributed by atoms with Crippen LogP contribution in [-0.4, -0.2) is 26.5 Å². The lowest BCUT2D eigenvalue weighted by atomic mass is 10.0. The van der Waals surface area contributed by atoms with Gasteiger partial charge in [-0.3, -0.25) is 0 Å². The van der Waals surface area contributed by atoms with Gasteiger partial charge in [-0.05, 0) is 49.6 Å². The number of hydrogen-bond acceptors (Lipinski definition) is 5. The zero-order valence-corrected chi connectivity index (χ0v) is 15.8. The number of aryl methyl sites for hydroxylation is 2. The van der Waals surface area contributed by atoms with E-state index >= 15 is 0 Å². The Hall–Kier alpha value is -3.48. The quantitative estimate of drug-likeness (QED) is 0.462. The fourth-order valence-electron chi connectivity index (χ4n) is 3.36. The first-order valence-electron chi connectivity index (χ1n) is 9.12. The van der Waals surface area contributed by atoms with Crippen LogP contribution in [0.1, 0.15) is 16.8 Å². The molecule has 0 bridgehead atoms. The van der Waals surface area contributed by atoms with Crippen molar-refractivity contribution in [2.75, 3.05) is 17.2 Å². The minimum Gasteiger partial charge on any atom is -0.370 e. The van der Waals surface area contributed by atoms with Gasteiger partial charge in [-0.2, -0.15) is 0 Å². The predicted molar refractivity (Wildman–Crippen MR) is 109 cm³/mol. The van der Waals surface area contributed by atoms with Gasteiger partial charge < -0.3 is 15.6 Å². The Morgan fingerprint density at radius 1 is 1.00 bits per heavy atom. The number of fused-ring (bicyclic) bond motifs is 1. The second-order valence-corrected chi connectivity index (χ2v) is 6.65. The SMILES string of the molecule is Cc1[nH]c2c(F)ccc(C)c2c1CCNc1cc(Nc2ccccn2)ncn1. The van der Waals surface area contributed by atoms with Crippen molar-refractivity contribution in [2.24, 2.45) is 0 Å². The number of rotatable bonds is 6. The molecule has 0 saturated heterocycles. The van der Waals surface area contributed by atoms with Gasteiger partial charge in [0.1, 0.15) is 29.6 Å². The molecule has 142 valence electrons. The lowest BCUT2D eigenvalue weighted by Gasteiger charge is -2.09. The van der Waals surface area contributed by atoms with E-state index in [0.717, 1.165) is 34.4 Å². The number of nitrogens with zero attached hydrogens (tertiary/aromatic N) is 3. The Labute approximate surface area is 162 Å². The van der Waals surface area contributed by atoms with Crippen molar-refractivity contribution < 1.29 is 4.39 Å². The molecule has 0 spiro atoms. The number of halogens is 1. The third kappa shape index (κ3) is 3.64. The van der Waals surface area contributed by atoms with E-state index in [2.05, 4.69) is 30.6 Å². The molecule has 0 aliphatic rings. The second-order valence-electron chi connectivity index (χ2n) is 6.65. The fourth-order valence-corrected chi connectivity index (χ4v) is 3.36. The zero-order chi connectivity index (χ0) is 19.5. The van der Waals surface area contributed by atoms with E-state index in [1.54, 1.807) is 6.20 Å². The van der Waals surface area contributed by atoms with Crippen molar-refractivity contribution in [3.8, 4) is 0 Å². The zero-order valence-electron chi connectivity index (χ0n) is 15.8. The minimum atomic E-state index is -0.219. The van der Waals surface area contributed by atoms with Crippen LogP contribution in [0.3, 0.4) is 0 Å². The number of aromatic nitrogens is 4. The molecule has 28 heavy (non-hydrogen) atoms. The Kier molecular flexibility index (Phi) is 4.89. The average Bonchev–Trinajstić information content (AvgIpc) is 3.04. The highest BCUT2D eigenvalue weighted by atomic mass is 19.1. The second kappa shape index (κ2) is 7.64. The molecule has 0 aliphatic carbocycles. The summed E-state index contributed by atoms with van der Waals surface area (Å²) in [6.45, 7) is 4.66. The molecular formula is C21H21FN6. The first-order valence-corrected chi connectivity index (χ1v) is 9.12. The Morgan fingerprint density at radius 2 is 1.86 bits per heavy atom. The lowest BCUT2D eigenvalue weighted by molar-refractivity contribution is 0.637. The monoisotopic (exact) mass is 376 g/mol. The summed E-state index contributed by atoms with van der Waals surface area (Å²) in [6, 6.07) is 10.8. The summed E-state index contributed by atoms with van der Waals surface area (Å²) in [4.78, 5) is 15.9. The molecule has 6 nitrogen and oxygen atoms in total. The van der Waals surface area contributed by atoms with E-state index in [1.165, 1.54) is 12.4 Å². The molecule has 0 unspecified atom stereocenters. The molecule has 0 radical (unpaired) electrons. The number of pyridine rings is 1. The van der Waals surface area contributed by atoms with E-state index in [-0.39, 0.29) is 5.82 Å². The molecule has 0 fully saturated rings. The van der Waals surface area contributed by atoms with Gasteiger partial charge in [-0.1, -0.05) is 12.1 Å². The number of nitrogens with one attached hydrogen (secondary N) is 3. The van der Waals surface area contributed by atoms with Gasteiger partial charge in [0.25, 0.3) is 0 Å². The third-order valence-electron chi connectivity index (χ3n) is 4.70. The van der Waals surface area contributed by atoms with Crippen LogP contribution in [0.25, 0.3) is 10.9 Å². The highest BCUT2D eigenvalue weighted by Gasteiger charge is 2.13. The number of aromatic amines is 1. The topological polar surface area (TPSA) is 78.5 Å². The van der Waals surface area contributed by atoms with E-state index < -0.39 is 0 Å². The number of benzene rings is 1. The van der Waals surface area contributed by atoms with Gasteiger partial charge in [-0.25, -0.2) is 19.3 Å². The number of anilines is 3. The molecule has 0 amide bonds. The van der Waals surface area contributed by atoms with Crippen molar-refractivity contribution in [3.05, 3.63) is 71.6 Å². The molecule has 0 aliphatic heterocycles. The van der Waals surface area contributed by atoms with Crippen molar-refractivity contribution in [1.82, 2.24) is 19.9 Å². The van der Waals surface area contributed by atoms with Crippen LogP contribution in [-0.2, 0) is 6.42 Å². The summed E-state index contributed by atoms with van der Waals surface area (Å²) in [5, 5.41) is 7.43. The van der Waals surface area contributed by atoms with Crippen molar-refractivity contribution in [3.63, 3.8) is 0 Å². The van der Waals surface area contributed by atoms with Crippen LogP contribution in [0.15, 0.2) is 48.9 Å². The van der Waals surface area contributed by atoms with Crippen LogP contribution in [0, 0.1) is 19.7 Å². The standard InChI is InChI=1S/C21H21FN6/c1-13-6-7-16(22)21-20(13)15(14(2)27-21)8-10-24-18-11-19(26-12-25-18)28-17-5-3-4-9-23-17/h3-7,9,11-12,27H,8,10H2,1-2H3,(H2,23,24,25,26,28). The third-order valence-corrected chi connectivity index (χ3v) is 4.70. The maximum Gasteiger partial charge on any atom is 0.147 e. The van der Waals surface area contributed by atoms with Gasteiger partial charge in [0.05, 0.1) is 5.52 Å². The maximum absolute atomic E-state index is 14.1. The predicted octanol–water partition coefficient (Wildman–Crippen LogP) is 4.51. The van der Waals surface area contributed by atoms with Gasteiger partial charge in [0.2, 0.25) is 0 Å². The van der Waals surface area contributed by atoms with Crippen LogP contribution < -0.4 is 10.6 Å². The summed E-state index contributed by atoms with van der Waals surface area (Å²) in [6.07, 6.45) is 3.98. The summed E-state index contributed by atoms with van der Waals surface area (Å²) in [5.74, 6) is 1.88. The van der Waals surface area contributed by atoms with Crippen molar-refractivity contribution >= 4 is 28.4 Å². The summed E-state index contributed by atoms with van der Waals surface area (Å²) < 4.78 is 14.1. The Balaban J connectivity index is 1.46. The molecule has 1 aromatic carbocycles. The normalized spacial score (nSPS) is 11.0. The highest BCUT2D eigenvalue weighted by molar-refractivity contribution is 5.88. The van der Waals surface area contributed by atoms with Gasteiger partial charge in [0, 0.05) is 29.9 Å². The smallest absolute Gasteiger partial charge is 0.147 e. The van der Waals surface area contributed by atoms with Gasteiger partial charge in [0.15, 0.2) is 0 Å². The molecule has 7 heteroatoms. The Morgan fingerprint density at radius 3 is 2.68 bits per heavy atom. The largest absolute Gasteiger partial charge is 0.370 e. The van der Waals surface area contributed by atoms with E-state index in [1.807, 2.05) is 44.2 Å². The van der Waals surface area contributed by atoms with Crippen LogP contribution in [0.2, 0.25) is 0 Å². The number of H-pyrrole nitrogens is 1. The summed E-state index contributed by atoms with van der Waals surface area (Å²) in [5.41, 5.74) is 3.77. The molecule has 0 saturated carbocycles. The van der Waals surface area contributed by atoms with Crippen LogP contribution >= 0.6 is 0 Å². The van der Waals surface area contributed by atoms with E-state index in [9.17, 15) is 4.39 Å². The summed E-state index contributed by atoms with van der Waals surface area (Å²) >= 11 is 0. The van der Waals surface area contributed by atoms with Crippen LogP contribution in [0.5, 0.6) is 0 Å². The number of hydrogen-bond donors (Lipinski definition) is 3. The molecular weight excluding hydrogens is 355 g/mol. The lowest BCUT2D eigenvalue weighted by Crippen LogP contribution is -2.08. The molecule has 4 rings (SSSR count). The molecule has 3 N–H and O–H groups in total. The molecule has 3 aromatic heterocycles. The van der Waals surface area contributed by atoms with Crippen molar-refractivity contribution in [1.29, 1.82) is 0 Å². The van der Waals surface area contributed by atoms with E-state index in [4.69, 9.17) is 0 Å². The molecule has 3 heterocycles. The molecule has 4 aromatic rings. The average molecular weight is 376 g/mol. The van der Waals surface area contributed by atoms with Gasteiger partial charge in [-0.15, -0.1) is 0 Å². The van der Waals surface area contributed by atoms with Crippen LogP contribution in [0.4, 0.5) is 21.8 Å². The first kappa shape index (κ1) is 17.9. The first-order chi connectivity index (χ1) is 13.6. The summed E-state index contributed by atoms with van der Waals surface area (Å²) in [7, 11) is 0. The molecule has 0 atom stereocenters. The minimum absolute atomic E-state index is 0.219. The fraction of sp³-hybridized carbons (Fsp3) is 0.190. The maximum atomic E-state index is 14.1. The highest BCUT2D eigenvalue weighted by Crippen LogP contribution is 2.28. The van der Waals surface area contributed by atoms with Crippen molar-refractivity contribution in [2.45, 2.75) is 20.3 Å².